The number of halogens is 4. The van der Waals surface area contributed by atoms with Gasteiger partial charge in [-0.15, -0.1) is 0 Å². The zero-order valence-electron chi connectivity index (χ0n) is 13.7. The van der Waals surface area contributed by atoms with Crippen LogP contribution in [0, 0.1) is 5.82 Å². The third-order valence-corrected chi connectivity index (χ3v) is 4.55. The molecule has 1 aliphatic heterocycles. The standard InChI is InChI=1S/C17H21F4N3O/c18-15-4-2-1-3-12(15)9-24(14-5-6-14)16(25)22-13-7-8-23(10-13)11-17(19,20)21/h1-4,13-14H,5-11H2,(H,22,25). The van der Waals surface area contributed by atoms with Crippen LogP contribution >= 0.6 is 0 Å². The molecule has 8 heteroatoms. The first-order valence-electron chi connectivity index (χ1n) is 8.41. The van der Waals surface area contributed by atoms with Crippen LogP contribution in [-0.2, 0) is 6.54 Å². The number of urea groups is 1. The van der Waals surface area contributed by atoms with Crippen LogP contribution in [0.4, 0.5) is 22.4 Å². The van der Waals surface area contributed by atoms with Crippen molar-refractivity contribution in [3.05, 3.63) is 35.6 Å². The summed E-state index contributed by atoms with van der Waals surface area (Å²) in [6, 6.07) is 5.73. The maximum Gasteiger partial charge on any atom is 0.401 e. The first kappa shape index (κ1) is 18.0. The van der Waals surface area contributed by atoms with E-state index in [1.807, 2.05) is 0 Å². The van der Waals surface area contributed by atoms with Gasteiger partial charge in [-0.25, -0.2) is 9.18 Å². The van der Waals surface area contributed by atoms with E-state index in [0.29, 0.717) is 18.5 Å². The van der Waals surface area contributed by atoms with E-state index in [4.69, 9.17) is 0 Å². The summed E-state index contributed by atoms with van der Waals surface area (Å²) in [5, 5.41) is 2.81. The third kappa shape index (κ3) is 5.07. The van der Waals surface area contributed by atoms with Crippen LogP contribution in [0.1, 0.15) is 24.8 Å². The van der Waals surface area contributed by atoms with Crippen molar-refractivity contribution >= 4 is 6.03 Å². The first-order valence-corrected chi connectivity index (χ1v) is 8.41. The molecule has 1 aliphatic carbocycles. The summed E-state index contributed by atoms with van der Waals surface area (Å²) in [4.78, 5) is 15.4. The predicted octanol–water partition coefficient (Wildman–Crippen LogP) is 3.14. The molecule has 1 N–H and O–H groups in total. The number of alkyl halides is 3. The smallest absolute Gasteiger partial charge is 0.334 e. The molecule has 1 saturated heterocycles. The lowest BCUT2D eigenvalue weighted by atomic mass is 10.2. The van der Waals surface area contributed by atoms with Crippen molar-refractivity contribution < 1.29 is 22.4 Å². The van der Waals surface area contributed by atoms with Gasteiger partial charge in [0.05, 0.1) is 13.1 Å². The largest absolute Gasteiger partial charge is 0.401 e. The normalized spacial score (nSPS) is 21.4. The van der Waals surface area contributed by atoms with Crippen molar-refractivity contribution in [2.24, 2.45) is 0 Å². The molecule has 2 amide bonds. The van der Waals surface area contributed by atoms with E-state index >= 15 is 0 Å². The molecular weight excluding hydrogens is 338 g/mol. The molecule has 1 aromatic rings. The Kier molecular flexibility index (Phi) is 5.17. The summed E-state index contributed by atoms with van der Waals surface area (Å²) in [5.74, 6) is -0.363. The first-order chi connectivity index (χ1) is 11.8. The number of hydrogen-bond donors (Lipinski definition) is 1. The predicted molar refractivity (Wildman–Crippen MR) is 84.4 cm³/mol. The van der Waals surface area contributed by atoms with E-state index in [9.17, 15) is 22.4 Å². The zero-order chi connectivity index (χ0) is 18.0. The molecule has 1 heterocycles. The third-order valence-electron chi connectivity index (χ3n) is 4.55. The molecule has 4 nitrogen and oxygen atoms in total. The van der Waals surface area contributed by atoms with E-state index in [2.05, 4.69) is 5.32 Å². The minimum absolute atomic E-state index is 0.0762. The number of hydrogen-bond acceptors (Lipinski definition) is 2. The zero-order valence-corrected chi connectivity index (χ0v) is 13.7. The lowest BCUT2D eigenvalue weighted by Crippen LogP contribution is -2.46. The second-order valence-electron chi connectivity index (χ2n) is 6.74. The van der Waals surface area contributed by atoms with E-state index in [-0.39, 0.29) is 37.0 Å². The average molecular weight is 359 g/mol. The summed E-state index contributed by atoms with van der Waals surface area (Å²) < 4.78 is 51.2. The highest BCUT2D eigenvalue weighted by Gasteiger charge is 2.37. The number of carbonyl (C=O) groups is 1. The summed E-state index contributed by atoms with van der Waals surface area (Å²) in [6.45, 7) is -0.298. The number of rotatable bonds is 5. The molecule has 2 fully saturated rings. The number of likely N-dealkylation sites (tertiary alicyclic amines) is 1. The van der Waals surface area contributed by atoms with Crippen molar-refractivity contribution in [1.29, 1.82) is 0 Å². The Labute approximate surface area is 143 Å². The van der Waals surface area contributed by atoms with Crippen LogP contribution in [-0.4, -0.2) is 53.7 Å². The van der Waals surface area contributed by atoms with Gasteiger partial charge in [-0.05, 0) is 25.3 Å². The van der Waals surface area contributed by atoms with Crippen molar-refractivity contribution in [2.75, 3.05) is 19.6 Å². The average Bonchev–Trinajstić information content (AvgIpc) is 3.27. The summed E-state index contributed by atoms with van der Waals surface area (Å²) >= 11 is 0. The Morgan fingerprint density at radius 3 is 2.60 bits per heavy atom. The Morgan fingerprint density at radius 1 is 1.24 bits per heavy atom. The van der Waals surface area contributed by atoms with Crippen molar-refractivity contribution in [3.8, 4) is 0 Å². The van der Waals surface area contributed by atoms with Crippen LogP contribution in [0.2, 0.25) is 0 Å². The van der Waals surface area contributed by atoms with Gasteiger partial charge in [-0.3, -0.25) is 4.90 Å². The number of nitrogens with one attached hydrogen (secondary N) is 1. The highest BCUT2D eigenvalue weighted by atomic mass is 19.4. The quantitative estimate of drug-likeness (QED) is 0.820. The summed E-state index contributed by atoms with van der Waals surface area (Å²) in [6.07, 6.45) is -2.01. The second-order valence-corrected chi connectivity index (χ2v) is 6.74. The number of nitrogens with zero attached hydrogens (tertiary/aromatic N) is 2. The van der Waals surface area contributed by atoms with Crippen molar-refractivity contribution in [1.82, 2.24) is 15.1 Å². The molecule has 1 unspecified atom stereocenters. The lowest BCUT2D eigenvalue weighted by molar-refractivity contribution is -0.143. The maximum absolute atomic E-state index is 13.8. The van der Waals surface area contributed by atoms with E-state index in [1.54, 1.807) is 23.1 Å². The van der Waals surface area contributed by atoms with Gasteiger partial charge in [0.15, 0.2) is 0 Å². The lowest BCUT2D eigenvalue weighted by Gasteiger charge is -2.25. The van der Waals surface area contributed by atoms with Crippen LogP contribution in [0.15, 0.2) is 24.3 Å². The Morgan fingerprint density at radius 2 is 1.96 bits per heavy atom. The topological polar surface area (TPSA) is 35.6 Å². The summed E-state index contributed by atoms with van der Waals surface area (Å²) in [7, 11) is 0. The Bertz CT molecular complexity index is 618. The molecule has 25 heavy (non-hydrogen) atoms. The number of benzene rings is 1. The molecule has 1 aromatic carbocycles. The fraction of sp³-hybridized carbons (Fsp3) is 0.588. The molecular formula is C17H21F4N3O. The van der Waals surface area contributed by atoms with Gasteiger partial charge in [0, 0.05) is 30.7 Å². The highest BCUT2D eigenvalue weighted by Crippen LogP contribution is 2.29. The molecule has 0 bridgehead atoms. The monoisotopic (exact) mass is 359 g/mol. The van der Waals surface area contributed by atoms with Gasteiger partial charge in [-0.2, -0.15) is 13.2 Å². The maximum atomic E-state index is 13.8. The van der Waals surface area contributed by atoms with Gasteiger partial charge in [0.25, 0.3) is 0 Å². The fourth-order valence-electron chi connectivity index (χ4n) is 3.17. The molecule has 1 saturated carbocycles. The Hall–Kier alpha value is -1.83. The molecule has 138 valence electrons. The highest BCUT2D eigenvalue weighted by molar-refractivity contribution is 5.75. The summed E-state index contributed by atoms with van der Waals surface area (Å²) in [5.41, 5.74) is 0.440. The number of carbonyl (C=O) groups excluding carboxylic acids is 1. The Balaban J connectivity index is 1.56. The molecule has 1 atom stereocenters. The van der Waals surface area contributed by atoms with Gasteiger partial charge < -0.3 is 10.2 Å². The van der Waals surface area contributed by atoms with Gasteiger partial charge in [0.1, 0.15) is 5.82 Å². The molecule has 3 rings (SSSR count). The van der Waals surface area contributed by atoms with Gasteiger partial charge >= 0.3 is 12.2 Å². The minimum atomic E-state index is -4.23. The van der Waals surface area contributed by atoms with E-state index in [0.717, 1.165) is 12.8 Å². The fourth-order valence-corrected chi connectivity index (χ4v) is 3.17. The van der Waals surface area contributed by atoms with E-state index in [1.165, 1.54) is 11.0 Å². The van der Waals surface area contributed by atoms with Crippen LogP contribution < -0.4 is 5.32 Å². The SMILES string of the molecule is O=C(NC1CCN(CC(F)(F)F)C1)N(Cc1ccccc1F)C1CC1. The van der Waals surface area contributed by atoms with Gasteiger partial charge in [0.2, 0.25) is 0 Å². The minimum Gasteiger partial charge on any atom is -0.334 e. The molecule has 0 radical (unpaired) electrons. The van der Waals surface area contributed by atoms with Crippen LogP contribution in [0.3, 0.4) is 0 Å². The molecule has 0 aromatic heterocycles. The number of amides is 2. The van der Waals surface area contributed by atoms with E-state index < -0.39 is 12.7 Å². The van der Waals surface area contributed by atoms with Crippen LogP contribution in [0.25, 0.3) is 0 Å². The van der Waals surface area contributed by atoms with Crippen molar-refractivity contribution in [2.45, 2.75) is 44.1 Å². The van der Waals surface area contributed by atoms with Gasteiger partial charge in [-0.1, -0.05) is 18.2 Å². The van der Waals surface area contributed by atoms with Crippen molar-refractivity contribution in [3.63, 3.8) is 0 Å². The molecule has 2 aliphatic rings. The molecule has 0 spiro atoms. The van der Waals surface area contributed by atoms with Crippen LogP contribution in [0.5, 0.6) is 0 Å². The second kappa shape index (κ2) is 7.19.